The molecule has 0 spiro atoms. The summed E-state index contributed by atoms with van der Waals surface area (Å²) in [6, 6.07) is 12.5. The fourth-order valence-corrected chi connectivity index (χ4v) is 9.46. The van der Waals surface area contributed by atoms with Gasteiger partial charge in [0.15, 0.2) is 0 Å². The van der Waals surface area contributed by atoms with Crippen LogP contribution in [-0.4, -0.2) is 21.8 Å². The van der Waals surface area contributed by atoms with Crippen LogP contribution in [0, 0.1) is 17.8 Å². The van der Waals surface area contributed by atoms with Crippen molar-refractivity contribution in [2.24, 2.45) is 17.8 Å². The van der Waals surface area contributed by atoms with Crippen molar-refractivity contribution in [3.63, 3.8) is 0 Å². The average Bonchev–Trinajstić information content (AvgIpc) is 2.77. The molecule has 0 N–H and O–H groups in total. The molecule has 1 nitrogen and oxygen atoms in total. The molecule has 1 aliphatic heterocycles. The van der Waals surface area contributed by atoms with Crippen LogP contribution in [0.1, 0.15) is 76.7 Å². The van der Waals surface area contributed by atoms with Crippen molar-refractivity contribution in [1.82, 2.24) is 0 Å². The van der Waals surface area contributed by atoms with Gasteiger partial charge in [0, 0.05) is 8.80 Å². The highest BCUT2D eigenvalue weighted by Crippen LogP contribution is 2.42. The van der Waals surface area contributed by atoms with Crippen LogP contribution in [0.15, 0.2) is 24.3 Å². The van der Waals surface area contributed by atoms with Gasteiger partial charge < -0.3 is 4.74 Å². The van der Waals surface area contributed by atoms with Crippen molar-refractivity contribution in [3.8, 4) is 5.75 Å². The van der Waals surface area contributed by atoms with Crippen LogP contribution in [0.5, 0.6) is 5.75 Å². The molecule has 1 aromatic rings. The largest absolute Gasteiger partial charge is 0.488 e. The normalized spacial score (nSPS) is 27.3. The van der Waals surface area contributed by atoms with E-state index in [0.29, 0.717) is 5.75 Å². The van der Waals surface area contributed by atoms with Crippen LogP contribution < -0.4 is 4.74 Å². The molecule has 1 saturated carbocycles. The minimum Gasteiger partial charge on any atom is -0.488 e. The Morgan fingerprint density at radius 2 is 1.60 bits per heavy atom. The van der Waals surface area contributed by atoms with Crippen LogP contribution >= 0.6 is 0 Å². The molecule has 1 aromatic carbocycles. The zero-order valence-electron chi connectivity index (χ0n) is 19.0. The fourth-order valence-electron chi connectivity index (χ4n) is 5.98. The van der Waals surface area contributed by atoms with Crippen molar-refractivity contribution >= 4 is 8.80 Å². The molecule has 2 fully saturated rings. The van der Waals surface area contributed by atoms with Gasteiger partial charge in [0.25, 0.3) is 6.43 Å². The lowest BCUT2D eigenvalue weighted by atomic mass is 9.73. The number of hydrogen-bond donors (Lipinski definition) is 0. The van der Waals surface area contributed by atoms with Crippen LogP contribution in [-0.2, 0) is 6.42 Å². The van der Waals surface area contributed by atoms with Gasteiger partial charge in [0.05, 0.1) is 0 Å². The number of ether oxygens (including phenoxy) is 1. The quantitative estimate of drug-likeness (QED) is 0.253. The monoisotopic (exact) mass is 436 g/mol. The first-order valence-corrected chi connectivity index (χ1v) is 15.1. The standard InChI is InChI=1S/C26H42F2OSi/c1-2-17-30-18-15-24(16-19-30)23-11-7-21(8-12-23)5-3-4-6-22-9-13-25(14-10-22)29-20-26(27)28/h9-10,13-14,21,23-24,26,30H,2-8,11-12,15-20H2,1H3/t21-,23-,24?,30?. The SMILES string of the molecule is CCC[SiH]1CCC([C@H]2CC[C@H](CCCCc3ccc(OCC(F)F)cc3)CC2)CC1. The molecule has 2 aliphatic rings. The number of unbranched alkanes of at least 4 members (excludes halogenated alkanes) is 1. The van der Waals surface area contributed by atoms with E-state index in [4.69, 9.17) is 4.74 Å². The fraction of sp³-hybridized carbons (Fsp3) is 0.769. The van der Waals surface area contributed by atoms with Crippen LogP contribution in [0.4, 0.5) is 8.78 Å². The van der Waals surface area contributed by atoms with E-state index in [2.05, 4.69) is 6.92 Å². The summed E-state index contributed by atoms with van der Waals surface area (Å²) in [6.45, 7) is 1.84. The first kappa shape index (κ1) is 23.8. The highest BCUT2D eigenvalue weighted by molar-refractivity contribution is 6.58. The predicted octanol–water partition coefficient (Wildman–Crippen LogP) is 7.90. The third-order valence-corrected chi connectivity index (χ3v) is 11.5. The van der Waals surface area contributed by atoms with Gasteiger partial charge in [-0.25, -0.2) is 8.78 Å². The van der Waals surface area contributed by atoms with Crippen LogP contribution in [0.2, 0.25) is 18.1 Å². The molecule has 30 heavy (non-hydrogen) atoms. The topological polar surface area (TPSA) is 9.23 Å². The summed E-state index contributed by atoms with van der Waals surface area (Å²) in [5.74, 6) is 3.61. The summed E-state index contributed by atoms with van der Waals surface area (Å²) in [6.07, 6.45) is 13.1. The summed E-state index contributed by atoms with van der Waals surface area (Å²) in [7, 11) is -0.325. The number of hydrogen-bond acceptors (Lipinski definition) is 1. The van der Waals surface area contributed by atoms with E-state index in [0.717, 1.165) is 24.2 Å². The molecule has 1 heterocycles. The second kappa shape index (κ2) is 12.8. The van der Waals surface area contributed by atoms with Crippen LogP contribution in [0.3, 0.4) is 0 Å². The number of halogens is 2. The maximum atomic E-state index is 12.2. The molecule has 0 radical (unpaired) electrons. The van der Waals surface area contributed by atoms with Gasteiger partial charge in [0.2, 0.25) is 0 Å². The molecule has 0 aromatic heterocycles. The molecule has 0 unspecified atom stereocenters. The Labute approximate surface area is 184 Å². The first-order valence-electron chi connectivity index (χ1n) is 12.6. The van der Waals surface area contributed by atoms with E-state index in [1.165, 1.54) is 56.9 Å². The number of benzene rings is 1. The maximum Gasteiger partial charge on any atom is 0.272 e. The summed E-state index contributed by atoms with van der Waals surface area (Å²) in [5, 5.41) is 0. The van der Waals surface area contributed by atoms with Gasteiger partial charge in [0.1, 0.15) is 12.4 Å². The molecule has 3 rings (SSSR count). The van der Waals surface area contributed by atoms with Crippen molar-refractivity contribution in [2.75, 3.05) is 6.61 Å². The number of alkyl halides is 2. The van der Waals surface area contributed by atoms with Crippen molar-refractivity contribution in [3.05, 3.63) is 29.8 Å². The van der Waals surface area contributed by atoms with E-state index >= 15 is 0 Å². The second-order valence-electron chi connectivity index (χ2n) is 9.94. The lowest BCUT2D eigenvalue weighted by Crippen LogP contribution is -2.28. The van der Waals surface area contributed by atoms with E-state index < -0.39 is 13.0 Å². The Morgan fingerprint density at radius 1 is 0.933 bits per heavy atom. The van der Waals surface area contributed by atoms with Gasteiger partial charge in [-0.05, 0) is 61.1 Å². The zero-order valence-corrected chi connectivity index (χ0v) is 20.1. The van der Waals surface area contributed by atoms with Gasteiger partial charge >= 0.3 is 0 Å². The zero-order chi connectivity index (χ0) is 21.2. The molecule has 1 saturated heterocycles. The number of rotatable bonds is 11. The van der Waals surface area contributed by atoms with Gasteiger partial charge in [-0.3, -0.25) is 0 Å². The van der Waals surface area contributed by atoms with Gasteiger partial charge in [-0.15, -0.1) is 0 Å². The molecule has 0 atom stereocenters. The third-order valence-electron chi connectivity index (χ3n) is 7.77. The molecular weight excluding hydrogens is 394 g/mol. The minimum absolute atomic E-state index is 0.325. The van der Waals surface area contributed by atoms with E-state index in [1.54, 1.807) is 31.0 Å². The predicted molar refractivity (Wildman–Crippen MR) is 126 cm³/mol. The molecule has 0 amide bonds. The summed E-state index contributed by atoms with van der Waals surface area (Å²) >= 11 is 0. The van der Waals surface area contributed by atoms with Gasteiger partial charge in [-0.2, -0.15) is 0 Å². The van der Waals surface area contributed by atoms with E-state index in [9.17, 15) is 8.78 Å². The number of aryl methyl sites for hydroxylation is 1. The Bertz CT molecular complexity index is 575. The molecule has 0 bridgehead atoms. The Kier molecular flexibility index (Phi) is 10.2. The smallest absolute Gasteiger partial charge is 0.272 e. The molecule has 170 valence electrons. The highest BCUT2D eigenvalue weighted by Gasteiger charge is 2.30. The average molecular weight is 437 g/mol. The lowest BCUT2D eigenvalue weighted by molar-refractivity contribution is 0.0819. The molecule has 1 aliphatic carbocycles. The Hall–Kier alpha value is -0.903. The van der Waals surface area contributed by atoms with Gasteiger partial charge in [-0.1, -0.05) is 82.1 Å². The molecular formula is C26H42F2OSi. The van der Waals surface area contributed by atoms with E-state index in [-0.39, 0.29) is 8.80 Å². The van der Waals surface area contributed by atoms with Crippen molar-refractivity contribution in [2.45, 2.75) is 102 Å². The van der Waals surface area contributed by atoms with E-state index in [1.807, 2.05) is 24.3 Å². The summed E-state index contributed by atoms with van der Waals surface area (Å²) < 4.78 is 29.4. The summed E-state index contributed by atoms with van der Waals surface area (Å²) in [4.78, 5) is 0. The van der Waals surface area contributed by atoms with Crippen molar-refractivity contribution < 1.29 is 13.5 Å². The second-order valence-corrected chi connectivity index (χ2v) is 13.4. The lowest BCUT2D eigenvalue weighted by Gasteiger charge is -2.37. The van der Waals surface area contributed by atoms with Crippen molar-refractivity contribution in [1.29, 1.82) is 0 Å². The third kappa shape index (κ3) is 7.98. The molecule has 4 heteroatoms. The highest BCUT2D eigenvalue weighted by atomic mass is 28.3. The Morgan fingerprint density at radius 3 is 2.23 bits per heavy atom. The Balaban J connectivity index is 1.26. The summed E-state index contributed by atoms with van der Waals surface area (Å²) in [5.41, 5.74) is 1.28. The minimum atomic E-state index is -2.41. The van der Waals surface area contributed by atoms with Crippen LogP contribution in [0.25, 0.3) is 0 Å². The first-order chi connectivity index (χ1) is 14.6. The maximum absolute atomic E-state index is 12.2.